The Hall–Kier alpha value is -1.24. The third-order valence-corrected chi connectivity index (χ3v) is 3.69. The number of carbonyl (C=O) groups is 2. The van der Waals surface area contributed by atoms with Crippen LogP contribution in [0.2, 0.25) is 0 Å². The van der Waals surface area contributed by atoms with Gasteiger partial charge < -0.3 is 15.1 Å². The van der Waals surface area contributed by atoms with Crippen molar-refractivity contribution in [3.8, 4) is 0 Å². The number of rotatable bonds is 2. The molecule has 108 valence electrons. The zero-order valence-corrected chi connectivity index (χ0v) is 11.2. The molecule has 2 heterocycles. The van der Waals surface area contributed by atoms with Gasteiger partial charge >= 0.3 is 0 Å². The summed E-state index contributed by atoms with van der Waals surface area (Å²) < 4.78 is 27.7. The molecule has 0 saturated carbocycles. The number of carbonyl (C=O) groups excluding carboxylic acids is 2. The van der Waals surface area contributed by atoms with Crippen LogP contribution < -0.4 is 5.32 Å². The van der Waals surface area contributed by atoms with Gasteiger partial charge in [0.1, 0.15) is 0 Å². The highest BCUT2D eigenvalue weighted by atomic mass is 19.3. The van der Waals surface area contributed by atoms with E-state index in [9.17, 15) is 18.4 Å². The normalized spacial score (nSPS) is 29.9. The summed E-state index contributed by atoms with van der Waals surface area (Å²) in [6, 6.07) is 0. The van der Waals surface area contributed by atoms with Crippen LogP contribution in [0, 0.1) is 5.41 Å². The number of nitrogens with one attached hydrogen (secondary N) is 1. The summed E-state index contributed by atoms with van der Waals surface area (Å²) in [6.45, 7) is -0.00575. The van der Waals surface area contributed by atoms with Crippen molar-refractivity contribution < 1.29 is 18.4 Å². The van der Waals surface area contributed by atoms with Crippen molar-refractivity contribution >= 4 is 11.8 Å². The molecular formula is C12H19F2N3O2. The van der Waals surface area contributed by atoms with E-state index in [-0.39, 0.29) is 24.9 Å². The fourth-order valence-electron chi connectivity index (χ4n) is 2.89. The van der Waals surface area contributed by atoms with Gasteiger partial charge in [-0.05, 0) is 20.5 Å². The molecule has 2 aliphatic heterocycles. The molecule has 1 N–H and O–H groups in total. The van der Waals surface area contributed by atoms with E-state index in [0.717, 1.165) is 4.90 Å². The monoisotopic (exact) mass is 275 g/mol. The molecule has 1 atom stereocenters. The average Bonchev–Trinajstić information content (AvgIpc) is 2.56. The fraction of sp³-hybridized carbons (Fsp3) is 0.833. The SMILES string of the molecule is CN(C)CC(=O)N1CC(F)(F)C[C@]2(CCNC2=O)C1. The Morgan fingerprint density at radius 1 is 1.42 bits per heavy atom. The quantitative estimate of drug-likeness (QED) is 0.767. The highest BCUT2D eigenvalue weighted by Crippen LogP contribution is 2.43. The molecule has 2 aliphatic rings. The Balaban J connectivity index is 2.18. The van der Waals surface area contributed by atoms with Crippen LogP contribution in [0.5, 0.6) is 0 Å². The van der Waals surface area contributed by atoms with Crippen molar-refractivity contribution in [2.75, 3.05) is 40.3 Å². The van der Waals surface area contributed by atoms with Gasteiger partial charge in [-0.15, -0.1) is 0 Å². The third kappa shape index (κ3) is 2.86. The molecule has 2 saturated heterocycles. The summed E-state index contributed by atoms with van der Waals surface area (Å²) in [4.78, 5) is 26.6. The first-order chi connectivity index (χ1) is 8.74. The summed E-state index contributed by atoms with van der Waals surface area (Å²) in [5.41, 5.74) is -1.11. The number of halogens is 2. The Morgan fingerprint density at radius 2 is 2.11 bits per heavy atom. The minimum Gasteiger partial charge on any atom is -0.356 e. The van der Waals surface area contributed by atoms with Crippen LogP contribution >= 0.6 is 0 Å². The van der Waals surface area contributed by atoms with E-state index < -0.39 is 24.3 Å². The van der Waals surface area contributed by atoms with Crippen molar-refractivity contribution in [3.63, 3.8) is 0 Å². The van der Waals surface area contributed by atoms with Crippen molar-refractivity contribution in [2.45, 2.75) is 18.8 Å². The molecule has 5 nitrogen and oxygen atoms in total. The molecule has 2 rings (SSSR count). The largest absolute Gasteiger partial charge is 0.356 e. The predicted octanol–water partition coefficient (Wildman–Crippen LogP) is -0.0781. The van der Waals surface area contributed by atoms with E-state index in [4.69, 9.17) is 0 Å². The zero-order chi connectivity index (χ0) is 14.3. The second kappa shape index (κ2) is 4.70. The van der Waals surface area contributed by atoms with Gasteiger partial charge in [-0.1, -0.05) is 0 Å². The van der Waals surface area contributed by atoms with Gasteiger partial charge in [-0.3, -0.25) is 9.59 Å². The maximum absolute atomic E-state index is 13.8. The number of hydrogen-bond acceptors (Lipinski definition) is 3. The zero-order valence-electron chi connectivity index (χ0n) is 11.2. The van der Waals surface area contributed by atoms with Gasteiger partial charge in [0.25, 0.3) is 5.92 Å². The van der Waals surface area contributed by atoms with E-state index in [0.29, 0.717) is 13.0 Å². The molecule has 19 heavy (non-hydrogen) atoms. The lowest BCUT2D eigenvalue weighted by Gasteiger charge is -2.42. The molecule has 0 aliphatic carbocycles. The molecule has 0 aromatic rings. The topological polar surface area (TPSA) is 52.7 Å². The number of likely N-dealkylation sites (tertiary alicyclic amines) is 1. The fourth-order valence-corrected chi connectivity index (χ4v) is 2.89. The van der Waals surface area contributed by atoms with E-state index >= 15 is 0 Å². The molecule has 0 bridgehead atoms. The summed E-state index contributed by atoms with van der Waals surface area (Å²) in [5.74, 6) is -3.71. The van der Waals surface area contributed by atoms with Crippen LogP contribution in [0.4, 0.5) is 8.78 Å². The smallest absolute Gasteiger partial charge is 0.266 e. The Morgan fingerprint density at radius 3 is 2.63 bits per heavy atom. The molecule has 0 radical (unpaired) electrons. The summed E-state index contributed by atoms with van der Waals surface area (Å²) in [7, 11) is 3.41. The third-order valence-electron chi connectivity index (χ3n) is 3.69. The number of piperidine rings is 1. The van der Waals surface area contributed by atoms with Gasteiger partial charge in [0.2, 0.25) is 11.8 Å². The Labute approximate surface area is 110 Å². The number of nitrogens with zero attached hydrogens (tertiary/aromatic N) is 2. The van der Waals surface area contributed by atoms with Crippen molar-refractivity contribution in [1.29, 1.82) is 0 Å². The minimum absolute atomic E-state index is 0.0772. The molecule has 2 fully saturated rings. The highest BCUT2D eigenvalue weighted by Gasteiger charge is 2.55. The van der Waals surface area contributed by atoms with Crippen molar-refractivity contribution in [2.24, 2.45) is 5.41 Å². The summed E-state index contributed by atoms with van der Waals surface area (Å²) in [5, 5.41) is 2.60. The first kappa shape index (κ1) is 14.2. The van der Waals surface area contributed by atoms with Crippen LogP contribution in [0.15, 0.2) is 0 Å². The lowest BCUT2D eigenvalue weighted by atomic mass is 9.77. The van der Waals surface area contributed by atoms with E-state index in [1.807, 2.05) is 0 Å². The minimum atomic E-state index is -3.00. The Bertz CT molecular complexity index is 400. The van der Waals surface area contributed by atoms with Gasteiger partial charge in [-0.2, -0.15) is 0 Å². The molecule has 0 aromatic carbocycles. The molecule has 2 amide bonds. The van der Waals surface area contributed by atoms with Gasteiger partial charge in [0.15, 0.2) is 0 Å². The van der Waals surface area contributed by atoms with Gasteiger partial charge in [0, 0.05) is 19.5 Å². The number of hydrogen-bond donors (Lipinski definition) is 1. The standard InChI is InChI=1S/C12H19F2N3O2/c1-16(2)5-9(18)17-7-11(3-4-15-10(11)19)6-12(13,14)8-17/h3-8H2,1-2H3,(H,15,19)/t11-/m1/s1. The molecule has 0 unspecified atom stereocenters. The average molecular weight is 275 g/mol. The summed E-state index contributed by atoms with van der Waals surface area (Å²) >= 11 is 0. The lowest BCUT2D eigenvalue weighted by Crippen LogP contribution is -2.58. The van der Waals surface area contributed by atoms with Crippen LogP contribution in [-0.2, 0) is 9.59 Å². The first-order valence-corrected chi connectivity index (χ1v) is 6.33. The first-order valence-electron chi connectivity index (χ1n) is 6.33. The Kier molecular flexibility index (Phi) is 3.51. The van der Waals surface area contributed by atoms with E-state index in [2.05, 4.69) is 5.32 Å². The maximum Gasteiger partial charge on any atom is 0.266 e. The van der Waals surface area contributed by atoms with Crippen LogP contribution in [-0.4, -0.2) is 67.8 Å². The number of alkyl halides is 2. The number of likely N-dealkylation sites (N-methyl/N-ethyl adjacent to an activating group) is 1. The second-order valence-electron chi connectivity index (χ2n) is 5.81. The van der Waals surface area contributed by atoms with Gasteiger partial charge in [0.05, 0.1) is 18.5 Å². The maximum atomic E-state index is 13.8. The molecular weight excluding hydrogens is 256 g/mol. The summed E-state index contributed by atoms with van der Waals surface area (Å²) in [6.07, 6.45) is -0.0925. The molecule has 7 heteroatoms. The van der Waals surface area contributed by atoms with Crippen LogP contribution in [0.1, 0.15) is 12.8 Å². The lowest BCUT2D eigenvalue weighted by molar-refractivity contribution is -0.160. The van der Waals surface area contributed by atoms with Crippen LogP contribution in [0.25, 0.3) is 0 Å². The molecule has 1 spiro atoms. The van der Waals surface area contributed by atoms with E-state index in [1.54, 1.807) is 19.0 Å². The van der Waals surface area contributed by atoms with Crippen LogP contribution in [0.3, 0.4) is 0 Å². The number of amides is 2. The molecule has 0 aromatic heterocycles. The van der Waals surface area contributed by atoms with E-state index in [1.165, 1.54) is 0 Å². The van der Waals surface area contributed by atoms with Crippen molar-refractivity contribution in [3.05, 3.63) is 0 Å². The van der Waals surface area contributed by atoms with Crippen molar-refractivity contribution in [1.82, 2.24) is 15.1 Å². The highest BCUT2D eigenvalue weighted by molar-refractivity contribution is 5.87. The predicted molar refractivity (Wildman–Crippen MR) is 64.8 cm³/mol. The second-order valence-corrected chi connectivity index (χ2v) is 5.81. The van der Waals surface area contributed by atoms with Gasteiger partial charge in [-0.25, -0.2) is 8.78 Å².